The van der Waals surface area contributed by atoms with Crippen LogP contribution in [0, 0.1) is 18.6 Å². The lowest BCUT2D eigenvalue weighted by Gasteiger charge is -2.19. The fourth-order valence-electron chi connectivity index (χ4n) is 2.29. The second kappa shape index (κ2) is 6.57. The highest BCUT2D eigenvalue weighted by Gasteiger charge is 2.20. The highest BCUT2D eigenvalue weighted by atomic mass is 19.1. The van der Waals surface area contributed by atoms with Crippen molar-refractivity contribution in [3.8, 4) is 0 Å². The standard InChI is InChI=1S/C16H18F2N2/c1-11-5-7-13(17)15(16(11)18)14(19-2)8-6-12-4-3-9-20-10-12/h3-5,7,9-10,14,19H,6,8H2,1-2H3. The number of nitrogens with one attached hydrogen (secondary N) is 1. The lowest BCUT2D eigenvalue weighted by atomic mass is 9.97. The number of nitrogens with zero attached hydrogens (tertiary/aromatic N) is 1. The molecule has 0 saturated heterocycles. The second-order valence-electron chi connectivity index (χ2n) is 4.83. The minimum atomic E-state index is -0.501. The molecule has 0 aliphatic carbocycles. The second-order valence-corrected chi connectivity index (χ2v) is 4.83. The zero-order valence-corrected chi connectivity index (χ0v) is 11.7. The van der Waals surface area contributed by atoms with E-state index in [0.717, 1.165) is 5.56 Å². The molecule has 1 N–H and O–H groups in total. The molecule has 0 aliphatic rings. The first-order chi connectivity index (χ1) is 9.63. The summed E-state index contributed by atoms with van der Waals surface area (Å²) in [5, 5.41) is 3.00. The number of halogens is 2. The molecule has 2 rings (SSSR count). The minimum Gasteiger partial charge on any atom is -0.313 e. The van der Waals surface area contributed by atoms with Crippen molar-refractivity contribution >= 4 is 0 Å². The number of rotatable bonds is 5. The van der Waals surface area contributed by atoms with Crippen molar-refractivity contribution in [1.82, 2.24) is 10.3 Å². The van der Waals surface area contributed by atoms with Gasteiger partial charge in [-0.3, -0.25) is 4.98 Å². The molecule has 2 aromatic rings. The molecule has 0 saturated carbocycles. The smallest absolute Gasteiger partial charge is 0.133 e. The van der Waals surface area contributed by atoms with Crippen molar-refractivity contribution in [2.24, 2.45) is 0 Å². The fourth-order valence-corrected chi connectivity index (χ4v) is 2.29. The molecule has 1 aromatic heterocycles. The van der Waals surface area contributed by atoms with Crippen LogP contribution in [-0.4, -0.2) is 12.0 Å². The highest BCUT2D eigenvalue weighted by molar-refractivity contribution is 5.29. The Morgan fingerprint density at radius 1 is 1.25 bits per heavy atom. The van der Waals surface area contributed by atoms with Gasteiger partial charge < -0.3 is 5.32 Å². The first-order valence-electron chi connectivity index (χ1n) is 6.64. The van der Waals surface area contributed by atoms with Crippen LogP contribution >= 0.6 is 0 Å². The number of aryl methyl sites for hydroxylation is 2. The van der Waals surface area contributed by atoms with Gasteiger partial charge in [0.15, 0.2) is 0 Å². The van der Waals surface area contributed by atoms with Gasteiger partial charge in [-0.1, -0.05) is 12.1 Å². The SMILES string of the molecule is CNC(CCc1cccnc1)c1c(F)ccc(C)c1F. The first kappa shape index (κ1) is 14.6. The molecule has 1 atom stereocenters. The Hall–Kier alpha value is -1.81. The van der Waals surface area contributed by atoms with Gasteiger partial charge in [-0.25, -0.2) is 8.78 Å². The maximum absolute atomic E-state index is 14.1. The lowest BCUT2D eigenvalue weighted by molar-refractivity contribution is 0.468. The molecule has 0 spiro atoms. The summed E-state index contributed by atoms with van der Waals surface area (Å²) >= 11 is 0. The quantitative estimate of drug-likeness (QED) is 0.903. The molecular formula is C16H18F2N2. The van der Waals surface area contributed by atoms with Crippen LogP contribution in [0.3, 0.4) is 0 Å². The maximum atomic E-state index is 14.1. The van der Waals surface area contributed by atoms with Gasteiger partial charge in [0, 0.05) is 24.0 Å². The van der Waals surface area contributed by atoms with Gasteiger partial charge in [0.1, 0.15) is 11.6 Å². The van der Waals surface area contributed by atoms with Crippen LogP contribution in [0.25, 0.3) is 0 Å². The van der Waals surface area contributed by atoms with Gasteiger partial charge in [0.05, 0.1) is 0 Å². The number of pyridine rings is 1. The van der Waals surface area contributed by atoms with E-state index in [9.17, 15) is 8.78 Å². The van der Waals surface area contributed by atoms with Crippen molar-refractivity contribution in [2.45, 2.75) is 25.8 Å². The van der Waals surface area contributed by atoms with E-state index in [0.29, 0.717) is 18.4 Å². The Balaban J connectivity index is 2.19. The Morgan fingerprint density at radius 2 is 2.05 bits per heavy atom. The molecule has 2 nitrogen and oxygen atoms in total. The van der Waals surface area contributed by atoms with Gasteiger partial charge in [0.25, 0.3) is 0 Å². The fraction of sp³-hybridized carbons (Fsp3) is 0.312. The van der Waals surface area contributed by atoms with Crippen molar-refractivity contribution in [3.05, 3.63) is 65.0 Å². The molecule has 20 heavy (non-hydrogen) atoms. The van der Waals surface area contributed by atoms with Crippen LogP contribution in [0.15, 0.2) is 36.7 Å². The topological polar surface area (TPSA) is 24.9 Å². The number of hydrogen-bond donors (Lipinski definition) is 1. The Morgan fingerprint density at radius 3 is 2.70 bits per heavy atom. The van der Waals surface area contributed by atoms with E-state index in [1.54, 1.807) is 26.4 Å². The lowest BCUT2D eigenvalue weighted by Crippen LogP contribution is -2.20. The van der Waals surface area contributed by atoms with E-state index in [1.165, 1.54) is 12.1 Å². The van der Waals surface area contributed by atoms with E-state index in [-0.39, 0.29) is 11.6 Å². The summed E-state index contributed by atoms with van der Waals surface area (Å²) in [6, 6.07) is 6.25. The number of hydrogen-bond acceptors (Lipinski definition) is 2. The van der Waals surface area contributed by atoms with Crippen LogP contribution in [0.2, 0.25) is 0 Å². The Bertz CT molecular complexity index is 570. The van der Waals surface area contributed by atoms with Crippen molar-refractivity contribution < 1.29 is 8.78 Å². The average Bonchev–Trinajstić information content (AvgIpc) is 2.47. The van der Waals surface area contributed by atoms with Crippen molar-refractivity contribution in [2.75, 3.05) is 7.05 Å². The van der Waals surface area contributed by atoms with Crippen molar-refractivity contribution in [1.29, 1.82) is 0 Å². The Labute approximate surface area is 117 Å². The van der Waals surface area contributed by atoms with E-state index >= 15 is 0 Å². The van der Waals surface area contributed by atoms with Gasteiger partial charge in [-0.05, 0) is 50.1 Å². The van der Waals surface area contributed by atoms with Crippen LogP contribution in [0.4, 0.5) is 8.78 Å². The zero-order chi connectivity index (χ0) is 14.5. The third-order valence-electron chi connectivity index (χ3n) is 3.46. The summed E-state index contributed by atoms with van der Waals surface area (Å²) in [5.41, 5.74) is 1.64. The monoisotopic (exact) mass is 276 g/mol. The summed E-state index contributed by atoms with van der Waals surface area (Å²) in [7, 11) is 1.72. The summed E-state index contributed by atoms with van der Waals surface area (Å²) in [6.45, 7) is 1.64. The third-order valence-corrected chi connectivity index (χ3v) is 3.46. The number of aromatic nitrogens is 1. The average molecular weight is 276 g/mol. The predicted molar refractivity (Wildman–Crippen MR) is 75.5 cm³/mol. The largest absolute Gasteiger partial charge is 0.313 e. The van der Waals surface area contributed by atoms with Crippen molar-refractivity contribution in [3.63, 3.8) is 0 Å². The molecule has 0 radical (unpaired) electrons. The van der Waals surface area contributed by atoms with Gasteiger partial charge >= 0.3 is 0 Å². The van der Waals surface area contributed by atoms with E-state index in [2.05, 4.69) is 10.3 Å². The zero-order valence-electron chi connectivity index (χ0n) is 11.7. The molecule has 0 aliphatic heterocycles. The molecule has 4 heteroatoms. The van der Waals surface area contributed by atoms with Gasteiger partial charge in [0.2, 0.25) is 0 Å². The van der Waals surface area contributed by atoms with E-state index < -0.39 is 11.6 Å². The molecular weight excluding hydrogens is 258 g/mol. The summed E-state index contributed by atoms with van der Waals surface area (Å²) < 4.78 is 28.0. The summed E-state index contributed by atoms with van der Waals surface area (Å²) in [4.78, 5) is 4.04. The minimum absolute atomic E-state index is 0.122. The molecule has 1 aromatic carbocycles. The molecule has 0 bridgehead atoms. The van der Waals surface area contributed by atoms with E-state index in [1.807, 2.05) is 12.1 Å². The summed E-state index contributed by atoms with van der Waals surface area (Å²) in [6.07, 6.45) is 4.81. The van der Waals surface area contributed by atoms with E-state index in [4.69, 9.17) is 0 Å². The highest BCUT2D eigenvalue weighted by Crippen LogP contribution is 2.26. The molecule has 1 heterocycles. The maximum Gasteiger partial charge on any atom is 0.133 e. The first-order valence-corrected chi connectivity index (χ1v) is 6.64. The molecule has 0 fully saturated rings. The summed E-state index contributed by atoms with van der Waals surface area (Å²) in [5.74, 6) is -0.964. The number of benzene rings is 1. The van der Waals surface area contributed by atoms with Gasteiger partial charge in [-0.2, -0.15) is 0 Å². The van der Waals surface area contributed by atoms with Gasteiger partial charge in [-0.15, -0.1) is 0 Å². The molecule has 0 amide bonds. The van der Waals surface area contributed by atoms with Crippen LogP contribution in [-0.2, 0) is 6.42 Å². The molecule has 1 unspecified atom stereocenters. The molecule has 106 valence electrons. The normalized spacial score (nSPS) is 12.4. The predicted octanol–water partition coefficient (Wildman–Crippen LogP) is 3.56. The van der Waals surface area contributed by atoms with Crippen LogP contribution in [0.1, 0.15) is 29.2 Å². The Kier molecular flexibility index (Phi) is 4.79. The third kappa shape index (κ3) is 3.20. The van der Waals surface area contributed by atoms with Crippen LogP contribution < -0.4 is 5.32 Å². The van der Waals surface area contributed by atoms with Crippen LogP contribution in [0.5, 0.6) is 0 Å².